The highest BCUT2D eigenvalue weighted by Gasteiger charge is 2.17. The van der Waals surface area contributed by atoms with Crippen LogP contribution < -0.4 is 5.73 Å². The van der Waals surface area contributed by atoms with Gasteiger partial charge < -0.3 is 15.5 Å². The van der Waals surface area contributed by atoms with Gasteiger partial charge >= 0.3 is 0 Å². The second-order valence-electron chi connectivity index (χ2n) is 3.34. The van der Waals surface area contributed by atoms with Gasteiger partial charge in [0.05, 0.1) is 24.5 Å². The van der Waals surface area contributed by atoms with E-state index in [0.717, 1.165) is 24.5 Å². The van der Waals surface area contributed by atoms with Crippen molar-refractivity contribution in [3.63, 3.8) is 0 Å². The van der Waals surface area contributed by atoms with E-state index < -0.39 is 0 Å². The molecule has 1 saturated heterocycles. The Balaban J connectivity index is 2.05. The zero-order chi connectivity index (χ0) is 9.10. The zero-order valence-corrected chi connectivity index (χ0v) is 7.62. The summed E-state index contributed by atoms with van der Waals surface area (Å²) in [6.07, 6.45) is 5.54. The number of H-pyrrole nitrogens is 1. The van der Waals surface area contributed by atoms with Crippen molar-refractivity contribution in [2.24, 2.45) is 5.73 Å². The van der Waals surface area contributed by atoms with E-state index in [9.17, 15) is 0 Å². The molecule has 72 valence electrons. The molecule has 1 aromatic rings. The standard InChI is InChI=1S/C9H15N3O/c10-5-9-11-6-7(12-9)8-3-1-2-4-13-8/h6,8H,1-5,10H2,(H,11,12). The number of ether oxygens (including phenoxy) is 1. The van der Waals surface area contributed by atoms with Gasteiger partial charge in [-0.2, -0.15) is 0 Å². The molecule has 1 aromatic heterocycles. The number of nitrogens with two attached hydrogens (primary N) is 1. The maximum absolute atomic E-state index is 5.61. The first-order valence-electron chi connectivity index (χ1n) is 4.75. The molecule has 0 bridgehead atoms. The van der Waals surface area contributed by atoms with Crippen LogP contribution in [0, 0.1) is 0 Å². The Morgan fingerprint density at radius 1 is 1.62 bits per heavy atom. The molecule has 1 unspecified atom stereocenters. The molecule has 1 aliphatic heterocycles. The third-order valence-corrected chi connectivity index (χ3v) is 2.37. The average Bonchev–Trinajstić information content (AvgIpc) is 2.67. The van der Waals surface area contributed by atoms with Crippen molar-refractivity contribution in [1.29, 1.82) is 0 Å². The molecule has 0 aromatic carbocycles. The van der Waals surface area contributed by atoms with Crippen LogP contribution in [0.1, 0.15) is 36.9 Å². The van der Waals surface area contributed by atoms with Gasteiger partial charge in [-0.3, -0.25) is 0 Å². The summed E-state index contributed by atoms with van der Waals surface area (Å²) in [5.74, 6) is 0.837. The highest BCUT2D eigenvalue weighted by Crippen LogP contribution is 2.26. The smallest absolute Gasteiger partial charge is 0.120 e. The highest BCUT2D eigenvalue weighted by atomic mass is 16.5. The molecule has 2 heterocycles. The molecule has 4 heteroatoms. The zero-order valence-electron chi connectivity index (χ0n) is 7.62. The van der Waals surface area contributed by atoms with Crippen molar-refractivity contribution >= 4 is 0 Å². The molecule has 1 aliphatic rings. The van der Waals surface area contributed by atoms with Gasteiger partial charge in [0.2, 0.25) is 0 Å². The lowest BCUT2D eigenvalue weighted by molar-refractivity contribution is 0.0125. The molecular weight excluding hydrogens is 166 g/mol. The molecular formula is C9H15N3O. The molecule has 13 heavy (non-hydrogen) atoms. The van der Waals surface area contributed by atoms with E-state index in [0.29, 0.717) is 6.54 Å². The van der Waals surface area contributed by atoms with Crippen LogP contribution in [-0.2, 0) is 11.3 Å². The van der Waals surface area contributed by atoms with Crippen LogP contribution in [0.15, 0.2) is 6.20 Å². The Hall–Kier alpha value is -0.870. The first-order valence-corrected chi connectivity index (χ1v) is 4.75. The number of aromatic amines is 1. The Morgan fingerprint density at radius 2 is 2.54 bits per heavy atom. The van der Waals surface area contributed by atoms with E-state index in [-0.39, 0.29) is 6.10 Å². The molecule has 0 saturated carbocycles. The Labute approximate surface area is 77.5 Å². The van der Waals surface area contributed by atoms with Crippen LogP contribution in [0.3, 0.4) is 0 Å². The first-order chi connectivity index (χ1) is 6.40. The van der Waals surface area contributed by atoms with Crippen LogP contribution >= 0.6 is 0 Å². The van der Waals surface area contributed by atoms with E-state index in [1.165, 1.54) is 12.8 Å². The maximum atomic E-state index is 5.61. The van der Waals surface area contributed by atoms with Crippen molar-refractivity contribution < 1.29 is 4.74 Å². The highest BCUT2D eigenvalue weighted by molar-refractivity contribution is 5.05. The summed E-state index contributed by atoms with van der Waals surface area (Å²) < 4.78 is 5.61. The van der Waals surface area contributed by atoms with Crippen molar-refractivity contribution in [2.45, 2.75) is 31.9 Å². The van der Waals surface area contributed by atoms with Gasteiger partial charge in [0, 0.05) is 6.61 Å². The normalized spacial score (nSPS) is 23.3. The quantitative estimate of drug-likeness (QED) is 0.718. The molecule has 2 rings (SSSR count). The third-order valence-electron chi connectivity index (χ3n) is 2.37. The van der Waals surface area contributed by atoms with Crippen LogP contribution in [0.25, 0.3) is 0 Å². The van der Waals surface area contributed by atoms with Crippen molar-refractivity contribution in [1.82, 2.24) is 9.97 Å². The summed E-state index contributed by atoms with van der Waals surface area (Å²) >= 11 is 0. The Bertz CT molecular complexity index is 266. The van der Waals surface area contributed by atoms with Crippen molar-refractivity contribution in [3.8, 4) is 0 Å². The van der Waals surface area contributed by atoms with Crippen LogP contribution in [0.5, 0.6) is 0 Å². The molecule has 1 fully saturated rings. The number of aromatic nitrogens is 2. The maximum Gasteiger partial charge on any atom is 0.120 e. The van der Waals surface area contributed by atoms with Crippen LogP contribution in [-0.4, -0.2) is 16.6 Å². The predicted octanol–water partition coefficient (Wildman–Crippen LogP) is 1.11. The lowest BCUT2D eigenvalue weighted by atomic mass is 10.1. The lowest BCUT2D eigenvalue weighted by Gasteiger charge is -2.20. The molecule has 0 amide bonds. The number of hydrogen-bond donors (Lipinski definition) is 2. The van der Waals surface area contributed by atoms with Gasteiger partial charge in [0.25, 0.3) is 0 Å². The van der Waals surface area contributed by atoms with Gasteiger partial charge in [-0.15, -0.1) is 0 Å². The second kappa shape index (κ2) is 3.89. The van der Waals surface area contributed by atoms with Gasteiger partial charge in [-0.25, -0.2) is 4.98 Å². The topological polar surface area (TPSA) is 63.9 Å². The van der Waals surface area contributed by atoms with Gasteiger partial charge in [0.15, 0.2) is 0 Å². The predicted molar refractivity (Wildman–Crippen MR) is 49.0 cm³/mol. The summed E-state index contributed by atoms with van der Waals surface area (Å²) in [6, 6.07) is 0. The number of nitrogens with one attached hydrogen (secondary N) is 1. The van der Waals surface area contributed by atoms with Crippen LogP contribution in [0.2, 0.25) is 0 Å². The summed E-state index contributed by atoms with van der Waals surface area (Å²) in [5.41, 5.74) is 6.53. The van der Waals surface area contributed by atoms with Crippen LogP contribution in [0.4, 0.5) is 0 Å². The number of imidazole rings is 1. The van der Waals surface area contributed by atoms with Gasteiger partial charge in [-0.05, 0) is 19.3 Å². The van der Waals surface area contributed by atoms with Gasteiger partial charge in [0.1, 0.15) is 5.82 Å². The minimum absolute atomic E-state index is 0.210. The lowest BCUT2D eigenvalue weighted by Crippen LogP contribution is -2.12. The number of nitrogens with zero attached hydrogens (tertiary/aromatic N) is 1. The molecule has 0 aliphatic carbocycles. The fourth-order valence-corrected chi connectivity index (χ4v) is 1.63. The van der Waals surface area contributed by atoms with Crippen molar-refractivity contribution in [3.05, 3.63) is 17.7 Å². The minimum atomic E-state index is 0.210. The second-order valence-corrected chi connectivity index (χ2v) is 3.34. The molecule has 0 spiro atoms. The molecule has 1 atom stereocenters. The van der Waals surface area contributed by atoms with E-state index in [1.807, 2.05) is 6.20 Å². The molecule has 0 radical (unpaired) electrons. The van der Waals surface area contributed by atoms with Crippen molar-refractivity contribution in [2.75, 3.05) is 6.61 Å². The molecule has 4 nitrogen and oxygen atoms in total. The largest absolute Gasteiger partial charge is 0.372 e. The summed E-state index contributed by atoms with van der Waals surface area (Å²) in [6.45, 7) is 1.33. The van der Waals surface area contributed by atoms with E-state index in [4.69, 9.17) is 10.5 Å². The Morgan fingerprint density at radius 3 is 3.15 bits per heavy atom. The monoisotopic (exact) mass is 181 g/mol. The fraction of sp³-hybridized carbons (Fsp3) is 0.667. The summed E-state index contributed by atoms with van der Waals surface area (Å²) in [7, 11) is 0. The summed E-state index contributed by atoms with van der Waals surface area (Å²) in [4.78, 5) is 7.32. The number of hydrogen-bond acceptors (Lipinski definition) is 3. The van der Waals surface area contributed by atoms with E-state index in [2.05, 4.69) is 9.97 Å². The fourth-order valence-electron chi connectivity index (χ4n) is 1.63. The van der Waals surface area contributed by atoms with E-state index in [1.54, 1.807) is 0 Å². The van der Waals surface area contributed by atoms with E-state index >= 15 is 0 Å². The molecule has 3 N–H and O–H groups in total. The average molecular weight is 181 g/mol. The minimum Gasteiger partial charge on any atom is -0.372 e. The Kier molecular flexibility index (Phi) is 2.61. The summed E-state index contributed by atoms with van der Waals surface area (Å²) in [5, 5.41) is 0. The number of rotatable bonds is 2. The first kappa shape index (κ1) is 8.72. The third kappa shape index (κ3) is 1.89. The van der Waals surface area contributed by atoms with Gasteiger partial charge in [-0.1, -0.05) is 0 Å². The SMILES string of the molecule is NCc1ncc(C2CCCCO2)[nH]1.